The fraction of sp³-hybridized carbons (Fsp3) is 0.143. The number of hydrogen-bond acceptors (Lipinski definition) is 2. The van der Waals surface area contributed by atoms with Crippen molar-refractivity contribution in [2.24, 2.45) is 5.73 Å². The number of thiophene rings is 1. The summed E-state index contributed by atoms with van der Waals surface area (Å²) >= 11 is 0.944. The molecule has 0 radical (unpaired) electrons. The van der Waals surface area contributed by atoms with Crippen LogP contribution in [0.15, 0.2) is 47.8 Å². The van der Waals surface area contributed by atoms with Gasteiger partial charge < -0.3 is 5.73 Å². The molecule has 0 aliphatic heterocycles. The summed E-state index contributed by atoms with van der Waals surface area (Å²) in [5, 5.41) is 1.55. The highest BCUT2D eigenvalue weighted by Gasteiger charge is 2.53. The van der Waals surface area contributed by atoms with Crippen molar-refractivity contribution in [3.63, 3.8) is 0 Å². The first kappa shape index (κ1) is 13.7. The Labute approximate surface area is 112 Å². The smallest absolute Gasteiger partial charge is 0.303 e. The van der Waals surface area contributed by atoms with Gasteiger partial charge in [-0.2, -0.15) is 13.2 Å². The van der Waals surface area contributed by atoms with Crippen LogP contribution < -0.4 is 5.73 Å². The largest absolute Gasteiger partial charge is 0.422 e. The lowest BCUT2D eigenvalue weighted by molar-refractivity contribution is -0.170. The zero-order chi connectivity index (χ0) is 13.9. The summed E-state index contributed by atoms with van der Waals surface area (Å²) in [6, 6.07) is 11.3. The molecule has 1 heterocycles. The van der Waals surface area contributed by atoms with Gasteiger partial charge in [0.2, 0.25) is 5.54 Å². The van der Waals surface area contributed by atoms with Crippen LogP contribution >= 0.6 is 11.3 Å². The van der Waals surface area contributed by atoms with Crippen molar-refractivity contribution < 1.29 is 13.2 Å². The topological polar surface area (TPSA) is 26.0 Å². The molecule has 1 unspecified atom stereocenters. The third-order valence-corrected chi connectivity index (χ3v) is 3.54. The highest BCUT2D eigenvalue weighted by molar-refractivity contribution is 7.10. The predicted molar refractivity (Wildman–Crippen MR) is 69.6 cm³/mol. The van der Waals surface area contributed by atoms with Gasteiger partial charge in [0.15, 0.2) is 0 Å². The maximum atomic E-state index is 13.1. The molecule has 0 amide bonds. The highest BCUT2D eigenvalue weighted by Crippen LogP contribution is 2.38. The van der Waals surface area contributed by atoms with E-state index in [1.807, 2.05) is 0 Å². The molecule has 2 aromatic rings. The molecule has 0 aliphatic rings. The molecule has 1 nitrogen and oxygen atoms in total. The lowest BCUT2D eigenvalue weighted by atomic mass is 9.98. The normalized spacial score (nSPS) is 14.3. The van der Waals surface area contributed by atoms with Gasteiger partial charge in [-0.1, -0.05) is 36.1 Å². The van der Waals surface area contributed by atoms with E-state index in [2.05, 4.69) is 11.8 Å². The van der Waals surface area contributed by atoms with Gasteiger partial charge in [-0.15, -0.1) is 11.3 Å². The lowest BCUT2D eigenvalue weighted by Gasteiger charge is -2.25. The molecule has 0 fully saturated rings. The minimum absolute atomic E-state index is 0.0107. The Bertz CT molecular complexity index is 593. The zero-order valence-corrected chi connectivity index (χ0v) is 10.6. The maximum absolute atomic E-state index is 13.1. The van der Waals surface area contributed by atoms with Gasteiger partial charge in [0, 0.05) is 10.4 Å². The summed E-state index contributed by atoms with van der Waals surface area (Å²) in [6.07, 6.45) is -4.63. The standard InChI is InChI=1S/C14H10F3NS/c15-14(16,17)13(18,12-7-4-10-19-12)9-8-11-5-2-1-3-6-11/h1-7,10H,18H2. The second-order valence-electron chi connectivity index (χ2n) is 3.90. The highest BCUT2D eigenvalue weighted by atomic mass is 32.1. The van der Waals surface area contributed by atoms with Crippen molar-refractivity contribution >= 4 is 11.3 Å². The van der Waals surface area contributed by atoms with Crippen molar-refractivity contribution in [2.75, 3.05) is 0 Å². The summed E-state index contributed by atoms with van der Waals surface area (Å²) in [5.41, 5.74) is 3.37. The Balaban J connectivity index is 2.45. The molecule has 0 saturated carbocycles. The SMILES string of the molecule is NC(C#Cc1ccccc1)(c1cccs1)C(F)(F)F. The molecule has 2 rings (SSSR count). The van der Waals surface area contributed by atoms with Gasteiger partial charge in [0.05, 0.1) is 0 Å². The average molecular weight is 281 g/mol. The van der Waals surface area contributed by atoms with E-state index < -0.39 is 11.7 Å². The minimum Gasteiger partial charge on any atom is -0.303 e. The van der Waals surface area contributed by atoms with Gasteiger partial charge in [0.25, 0.3) is 0 Å². The molecule has 1 atom stereocenters. The van der Waals surface area contributed by atoms with Crippen LogP contribution in [0.5, 0.6) is 0 Å². The molecule has 19 heavy (non-hydrogen) atoms. The van der Waals surface area contributed by atoms with E-state index in [1.165, 1.54) is 12.1 Å². The molecule has 0 spiro atoms. The first-order chi connectivity index (χ1) is 8.93. The molecule has 0 saturated heterocycles. The molecule has 1 aromatic heterocycles. The first-order valence-electron chi connectivity index (χ1n) is 5.41. The number of halogens is 3. The van der Waals surface area contributed by atoms with Crippen LogP contribution in [0.25, 0.3) is 0 Å². The van der Waals surface area contributed by atoms with Crippen molar-refractivity contribution in [1.82, 2.24) is 0 Å². The Morgan fingerprint density at radius 1 is 1.00 bits per heavy atom. The summed E-state index contributed by atoms with van der Waals surface area (Å²) in [7, 11) is 0. The number of rotatable bonds is 1. The van der Waals surface area contributed by atoms with Crippen molar-refractivity contribution in [2.45, 2.75) is 11.7 Å². The lowest BCUT2D eigenvalue weighted by Crippen LogP contribution is -2.48. The fourth-order valence-electron chi connectivity index (χ4n) is 1.47. The van der Waals surface area contributed by atoms with E-state index in [0.717, 1.165) is 11.3 Å². The van der Waals surface area contributed by atoms with E-state index in [-0.39, 0.29) is 4.88 Å². The van der Waals surface area contributed by atoms with Crippen LogP contribution in [-0.2, 0) is 5.54 Å². The van der Waals surface area contributed by atoms with Gasteiger partial charge >= 0.3 is 6.18 Å². The number of benzene rings is 1. The Hall–Kier alpha value is -1.77. The van der Waals surface area contributed by atoms with Crippen LogP contribution in [-0.4, -0.2) is 6.18 Å². The summed E-state index contributed by atoms with van der Waals surface area (Å²) < 4.78 is 39.4. The fourth-order valence-corrected chi connectivity index (χ4v) is 2.28. The Morgan fingerprint density at radius 3 is 2.21 bits per heavy atom. The van der Waals surface area contributed by atoms with Crippen LogP contribution in [0.4, 0.5) is 13.2 Å². The summed E-state index contributed by atoms with van der Waals surface area (Å²) in [6.45, 7) is 0. The third kappa shape index (κ3) is 2.80. The Morgan fingerprint density at radius 2 is 1.68 bits per heavy atom. The van der Waals surface area contributed by atoms with Crippen LogP contribution in [0.3, 0.4) is 0 Å². The molecule has 0 bridgehead atoms. The van der Waals surface area contributed by atoms with E-state index in [1.54, 1.807) is 35.7 Å². The summed E-state index contributed by atoms with van der Waals surface area (Å²) in [5.74, 6) is 4.66. The molecule has 2 N–H and O–H groups in total. The average Bonchev–Trinajstić information content (AvgIpc) is 2.90. The van der Waals surface area contributed by atoms with Gasteiger partial charge in [-0.25, -0.2) is 0 Å². The molecular formula is C14H10F3NS. The van der Waals surface area contributed by atoms with Crippen LogP contribution in [0.2, 0.25) is 0 Å². The second-order valence-corrected chi connectivity index (χ2v) is 4.85. The van der Waals surface area contributed by atoms with Crippen molar-refractivity contribution in [3.05, 3.63) is 58.3 Å². The quantitative estimate of drug-likeness (QED) is 0.795. The molecule has 0 aliphatic carbocycles. The Kier molecular flexibility index (Phi) is 3.65. The molecule has 1 aromatic carbocycles. The zero-order valence-electron chi connectivity index (χ0n) is 9.74. The minimum atomic E-state index is -4.63. The molecule has 98 valence electrons. The van der Waals surface area contributed by atoms with Gasteiger partial charge in [0.1, 0.15) is 0 Å². The van der Waals surface area contributed by atoms with Gasteiger partial charge in [-0.3, -0.25) is 0 Å². The first-order valence-corrected chi connectivity index (χ1v) is 6.29. The number of nitrogens with two attached hydrogens (primary N) is 1. The molecule has 5 heteroatoms. The van der Waals surface area contributed by atoms with Crippen molar-refractivity contribution in [3.8, 4) is 11.8 Å². The summed E-state index contributed by atoms with van der Waals surface area (Å²) in [4.78, 5) is -0.0107. The van der Waals surface area contributed by atoms with E-state index >= 15 is 0 Å². The third-order valence-electron chi connectivity index (χ3n) is 2.53. The number of alkyl halides is 3. The maximum Gasteiger partial charge on any atom is 0.422 e. The van der Waals surface area contributed by atoms with Gasteiger partial charge in [-0.05, 0) is 23.6 Å². The predicted octanol–water partition coefficient (Wildman–Crippen LogP) is 3.52. The van der Waals surface area contributed by atoms with Crippen molar-refractivity contribution in [1.29, 1.82) is 0 Å². The van der Waals surface area contributed by atoms with Crippen LogP contribution in [0.1, 0.15) is 10.4 Å². The van der Waals surface area contributed by atoms with E-state index in [4.69, 9.17) is 5.73 Å². The monoisotopic (exact) mass is 281 g/mol. The van der Waals surface area contributed by atoms with E-state index in [9.17, 15) is 13.2 Å². The number of hydrogen-bond donors (Lipinski definition) is 1. The van der Waals surface area contributed by atoms with E-state index in [0.29, 0.717) is 5.56 Å². The second kappa shape index (κ2) is 5.08. The van der Waals surface area contributed by atoms with Crippen LogP contribution in [0, 0.1) is 11.8 Å². The molecular weight excluding hydrogens is 271 g/mol.